The quantitative estimate of drug-likeness (QED) is 0.545. The minimum Gasteiger partial charge on any atom is -0.494 e. The molecule has 0 bridgehead atoms. The highest BCUT2D eigenvalue weighted by Crippen LogP contribution is 2.21. The summed E-state index contributed by atoms with van der Waals surface area (Å²) in [7, 11) is 0. The number of ether oxygens (including phenoxy) is 1. The molecule has 142 valence electrons. The maximum Gasteiger partial charge on any atom is 0.307 e. The Morgan fingerprint density at radius 3 is 2.54 bits per heavy atom. The number of amides is 1. The molecule has 0 saturated carbocycles. The van der Waals surface area contributed by atoms with Crippen LogP contribution in [0.5, 0.6) is 11.6 Å². The van der Waals surface area contributed by atoms with Crippen LogP contribution in [0.2, 0.25) is 0 Å². The fourth-order valence-electron chi connectivity index (χ4n) is 2.21. The SMILES string of the molecule is CC(C)(C)[C@H](N)C(=O)NCCOc1ccc(Cc2sc(=O)[nH]c2O)cc1. The van der Waals surface area contributed by atoms with Gasteiger partial charge in [-0.05, 0) is 23.1 Å². The van der Waals surface area contributed by atoms with Crippen LogP contribution < -0.4 is 20.7 Å². The van der Waals surface area contributed by atoms with Crippen molar-refractivity contribution < 1.29 is 14.6 Å². The molecule has 0 fully saturated rings. The molecule has 0 spiro atoms. The van der Waals surface area contributed by atoms with Gasteiger partial charge in [0.25, 0.3) is 0 Å². The van der Waals surface area contributed by atoms with Crippen molar-refractivity contribution in [2.24, 2.45) is 11.1 Å². The van der Waals surface area contributed by atoms with Crippen LogP contribution in [0.25, 0.3) is 0 Å². The minimum atomic E-state index is -0.567. The van der Waals surface area contributed by atoms with E-state index in [1.807, 2.05) is 45.0 Å². The molecule has 0 aliphatic carbocycles. The highest BCUT2D eigenvalue weighted by molar-refractivity contribution is 7.09. The summed E-state index contributed by atoms with van der Waals surface area (Å²) in [5.41, 5.74) is 6.55. The molecule has 8 heteroatoms. The van der Waals surface area contributed by atoms with Gasteiger partial charge in [0.2, 0.25) is 11.8 Å². The van der Waals surface area contributed by atoms with Crippen LogP contribution >= 0.6 is 11.3 Å². The summed E-state index contributed by atoms with van der Waals surface area (Å²) in [5.74, 6) is 0.404. The molecule has 0 aliphatic rings. The van der Waals surface area contributed by atoms with Crippen molar-refractivity contribution in [3.05, 3.63) is 44.4 Å². The zero-order valence-corrected chi connectivity index (χ0v) is 16.0. The number of aromatic hydroxyl groups is 1. The topological polar surface area (TPSA) is 117 Å². The predicted molar refractivity (Wildman–Crippen MR) is 102 cm³/mol. The van der Waals surface area contributed by atoms with Crippen molar-refractivity contribution in [2.75, 3.05) is 13.2 Å². The third-order valence-electron chi connectivity index (χ3n) is 3.87. The van der Waals surface area contributed by atoms with Gasteiger partial charge < -0.3 is 20.9 Å². The first-order valence-electron chi connectivity index (χ1n) is 8.33. The average Bonchev–Trinajstić information content (AvgIpc) is 2.88. The number of hydrogen-bond acceptors (Lipinski definition) is 6. The van der Waals surface area contributed by atoms with E-state index in [9.17, 15) is 14.7 Å². The summed E-state index contributed by atoms with van der Waals surface area (Å²) >= 11 is 0.994. The Morgan fingerprint density at radius 2 is 2.00 bits per heavy atom. The smallest absolute Gasteiger partial charge is 0.307 e. The summed E-state index contributed by atoms with van der Waals surface area (Å²) in [6.45, 7) is 6.46. The molecule has 1 atom stereocenters. The minimum absolute atomic E-state index is 0.0791. The van der Waals surface area contributed by atoms with Gasteiger partial charge in [-0.15, -0.1) is 0 Å². The summed E-state index contributed by atoms with van der Waals surface area (Å²) in [6, 6.07) is 6.79. The number of H-pyrrole nitrogens is 1. The van der Waals surface area contributed by atoms with Gasteiger partial charge in [0, 0.05) is 6.42 Å². The molecule has 1 aromatic carbocycles. The number of aromatic nitrogens is 1. The molecule has 1 heterocycles. The van der Waals surface area contributed by atoms with Gasteiger partial charge in [0.05, 0.1) is 17.5 Å². The van der Waals surface area contributed by atoms with Gasteiger partial charge in [0.15, 0.2) is 0 Å². The number of carbonyl (C=O) groups excluding carboxylic acids is 1. The number of nitrogens with two attached hydrogens (primary N) is 1. The monoisotopic (exact) mass is 379 g/mol. The second-order valence-corrected chi connectivity index (χ2v) is 8.16. The standard InChI is InChI=1S/C18H25N3O4S/c1-18(2,3)14(19)16(23)20-8-9-25-12-6-4-11(5-7-12)10-13-15(22)21-17(24)26-13/h4-7,14,22H,8-10,19H2,1-3H3,(H,20,23)(H,21,24)/t14-/m1/s1. The summed E-state index contributed by atoms with van der Waals surface area (Å²) in [6.07, 6.45) is 0.469. The first kappa shape index (κ1) is 20.0. The van der Waals surface area contributed by atoms with Crippen LogP contribution in [-0.2, 0) is 11.2 Å². The lowest BCUT2D eigenvalue weighted by Gasteiger charge is -2.25. The third-order valence-corrected chi connectivity index (χ3v) is 4.75. The van der Waals surface area contributed by atoms with Crippen molar-refractivity contribution in [3.8, 4) is 11.6 Å². The van der Waals surface area contributed by atoms with Crippen LogP contribution in [0.15, 0.2) is 29.1 Å². The van der Waals surface area contributed by atoms with Crippen LogP contribution in [-0.4, -0.2) is 35.2 Å². The number of hydrogen-bond donors (Lipinski definition) is 4. The molecule has 7 nitrogen and oxygen atoms in total. The van der Waals surface area contributed by atoms with Gasteiger partial charge in [-0.2, -0.15) is 0 Å². The maximum absolute atomic E-state index is 11.9. The van der Waals surface area contributed by atoms with Crippen molar-refractivity contribution >= 4 is 17.2 Å². The van der Waals surface area contributed by atoms with E-state index in [4.69, 9.17) is 10.5 Å². The van der Waals surface area contributed by atoms with Gasteiger partial charge in [-0.1, -0.05) is 44.2 Å². The van der Waals surface area contributed by atoms with Crippen LogP contribution in [0.3, 0.4) is 0 Å². The summed E-state index contributed by atoms with van der Waals surface area (Å²) in [4.78, 5) is 25.8. The highest BCUT2D eigenvalue weighted by atomic mass is 32.1. The largest absolute Gasteiger partial charge is 0.494 e. The lowest BCUT2D eigenvalue weighted by molar-refractivity contribution is -0.124. The lowest BCUT2D eigenvalue weighted by Crippen LogP contribution is -2.49. The number of aromatic amines is 1. The Balaban J connectivity index is 1.78. The van der Waals surface area contributed by atoms with E-state index in [0.29, 0.717) is 30.2 Å². The molecule has 0 unspecified atom stereocenters. The van der Waals surface area contributed by atoms with Gasteiger partial charge >= 0.3 is 4.87 Å². The van der Waals surface area contributed by atoms with E-state index in [0.717, 1.165) is 16.9 Å². The molecule has 0 saturated heterocycles. The molecule has 2 rings (SSSR count). The third kappa shape index (κ3) is 5.60. The molecule has 2 aromatic rings. The van der Waals surface area contributed by atoms with Crippen LogP contribution in [0.1, 0.15) is 31.2 Å². The molecule has 26 heavy (non-hydrogen) atoms. The Labute approximate surface area is 156 Å². The number of carbonyl (C=O) groups is 1. The Bertz CT molecular complexity index is 790. The fourth-order valence-corrected chi connectivity index (χ4v) is 2.97. The average molecular weight is 379 g/mol. The first-order chi connectivity index (χ1) is 12.2. The van der Waals surface area contributed by atoms with Crippen molar-refractivity contribution in [1.29, 1.82) is 0 Å². The van der Waals surface area contributed by atoms with Crippen molar-refractivity contribution in [3.63, 3.8) is 0 Å². The Kier molecular flexibility index (Phi) is 6.44. The zero-order chi connectivity index (χ0) is 19.3. The number of nitrogens with one attached hydrogen (secondary N) is 2. The first-order valence-corrected chi connectivity index (χ1v) is 9.14. The normalized spacial score (nSPS) is 12.6. The molecule has 0 aliphatic heterocycles. The molecule has 1 amide bonds. The van der Waals surface area contributed by atoms with E-state index in [2.05, 4.69) is 10.3 Å². The van der Waals surface area contributed by atoms with Crippen molar-refractivity contribution in [2.45, 2.75) is 33.2 Å². The fraction of sp³-hybridized carbons (Fsp3) is 0.444. The van der Waals surface area contributed by atoms with Crippen LogP contribution in [0.4, 0.5) is 0 Å². The number of thiazole rings is 1. The summed E-state index contributed by atoms with van der Waals surface area (Å²) < 4.78 is 5.60. The van der Waals surface area contributed by atoms with E-state index in [1.165, 1.54) is 0 Å². The highest BCUT2D eigenvalue weighted by Gasteiger charge is 2.26. The number of rotatable bonds is 7. The van der Waals surface area contributed by atoms with E-state index < -0.39 is 6.04 Å². The molecule has 0 radical (unpaired) electrons. The van der Waals surface area contributed by atoms with E-state index in [-0.39, 0.29) is 22.1 Å². The molecule has 5 N–H and O–H groups in total. The summed E-state index contributed by atoms with van der Waals surface area (Å²) in [5, 5.41) is 12.4. The Morgan fingerprint density at radius 1 is 1.35 bits per heavy atom. The van der Waals surface area contributed by atoms with E-state index in [1.54, 1.807) is 0 Å². The zero-order valence-electron chi connectivity index (χ0n) is 15.2. The maximum atomic E-state index is 11.9. The molecule has 1 aromatic heterocycles. The molecular weight excluding hydrogens is 354 g/mol. The number of benzene rings is 1. The molecular formula is C18H25N3O4S. The van der Waals surface area contributed by atoms with Gasteiger partial charge in [-0.25, -0.2) is 0 Å². The van der Waals surface area contributed by atoms with Gasteiger partial charge in [0.1, 0.15) is 12.4 Å². The van der Waals surface area contributed by atoms with Crippen LogP contribution in [0, 0.1) is 5.41 Å². The van der Waals surface area contributed by atoms with Gasteiger partial charge in [-0.3, -0.25) is 14.6 Å². The lowest BCUT2D eigenvalue weighted by atomic mass is 9.87. The second kappa shape index (κ2) is 8.37. The predicted octanol–water partition coefficient (Wildman–Crippen LogP) is 1.60. The van der Waals surface area contributed by atoms with E-state index >= 15 is 0 Å². The second-order valence-electron chi connectivity index (χ2n) is 7.09. The Hall–Kier alpha value is -2.32. The van der Waals surface area contributed by atoms with Crippen molar-refractivity contribution in [1.82, 2.24) is 10.3 Å².